The van der Waals surface area contributed by atoms with E-state index in [4.69, 9.17) is 0 Å². The first kappa shape index (κ1) is 17.0. The van der Waals surface area contributed by atoms with Gasteiger partial charge in [-0.3, -0.25) is 9.58 Å². The van der Waals surface area contributed by atoms with E-state index in [1.54, 1.807) is 6.33 Å². The van der Waals surface area contributed by atoms with Crippen molar-refractivity contribution >= 4 is 11.6 Å². The average molecular weight is 354 g/mol. The van der Waals surface area contributed by atoms with E-state index in [9.17, 15) is 0 Å². The molecular formula is C18H26N8. The van der Waals surface area contributed by atoms with Gasteiger partial charge in [0.2, 0.25) is 0 Å². The number of hydrogen-bond acceptors (Lipinski definition) is 6. The van der Waals surface area contributed by atoms with Gasteiger partial charge < -0.3 is 4.90 Å². The first-order valence-corrected chi connectivity index (χ1v) is 9.11. The molecule has 0 unspecified atom stereocenters. The molecule has 0 aliphatic carbocycles. The molecule has 1 fully saturated rings. The summed E-state index contributed by atoms with van der Waals surface area (Å²) in [6, 6.07) is 4.59. The van der Waals surface area contributed by atoms with E-state index in [0.29, 0.717) is 17.7 Å². The van der Waals surface area contributed by atoms with Crippen molar-refractivity contribution in [2.24, 2.45) is 13.0 Å². The molecule has 3 aromatic heterocycles. The minimum Gasteiger partial charge on any atom is -0.359 e. The Morgan fingerprint density at radius 1 is 1.27 bits per heavy atom. The third-order valence-corrected chi connectivity index (χ3v) is 5.43. The number of rotatable bonds is 4. The molecule has 1 aliphatic heterocycles. The molecule has 3 aromatic rings. The summed E-state index contributed by atoms with van der Waals surface area (Å²) in [5.41, 5.74) is 2.23. The van der Waals surface area contributed by atoms with Crippen LogP contribution >= 0.6 is 0 Å². The Bertz CT molecular complexity index is 898. The van der Waals surface area contributed by atoms with Crippen LogP contribution in [-0.4, -0.2) is 61.4 Å². The maximum Gasteiger partial charge on any atom is 0.254 e. The van der Waals surface area contributed by atoms with Crippen molar-refractivity contribution in [3.05, 3.63) is 36.0 Å². The molecule has 1 saturated heterocycles. The van der Waals surface area contributed by atoms with E-state index in [1.807, 2.05) is 29.4 Å². The quantitative estimate of drug-likeness (QED) is 0.710. The molecule has 0 N–H and O–H groups in total. The second-order valence-electron chi connectivity index (χ2n) is 7.32. The number of aromatic nitrogens is 6. The molecule has 2 atom stereocenters. The summed E-state index contributed by atoms with van der Waals surface area (Å²) >= 11 is 0. The van der Waals surface area contributed by atoms with Gasteiger partial charge in [-0.25, -0.2) is 4.98 Å². The van der Waals surface area contributed by atoms with Gasteiger partial charge in [0, 0.05) is 38.6 Å². The molecule has 1 aliphatic rings. The molecule has 0 amide bonds. The summed E-state index contributed by atoms with van der Waals surface area (Å²) in [4.78, 5) is 13.4. The predicted molar refractivity (Wildman–Crippen MR) is 100 cm³/mol. The van der Waals surface area contributed by atoms with Crippen LogP contribution in [0, 0.1) is 12.8 Å². The van der Waals surface area contributed by atoms with Crippen LogP contribution in [0.4, 0.5) is 5.82 Å². The highest BCUT2D eigenvalue weighted by molar-refractivity contribution is 5.46. The molecule has 0 saturated carbocycles. The van der Waals surface area contributed by atoms with Crippen LogP contribution in [0.15, 0.2) is 24.7 Å². The highest BCUT2D eigenvalue weighted by Crippen LogP contribution is 2.35. The fourth-order valence-corrected chi connectivity index (χ4v) is 4.22. The first-order valence-electron chi connectivity index (χ1n) is 9.11. The zero-order valence-electron chi connectivity index (χ0n) is 15.9. The Morgan fingerprint density at radius 2 is 2.12 bits per heavy atom. The molecule has 26 heavy (non-hydrogen) atoms. The number of piperidine rings is 1. The Morgan fingerprint density at radius 3 is 2.88 bits per heavy atom. The van der Waals surface area contributed by atoms with Gasteiger partial charge in [-0.1, -0.05) is 0 Å². The van der Waals surface area contributed by atoms with Gasteiger partial charge in [0.25, 0.3) is 5.78 Å². The van der Waals surface area contributed by atoms with Crippen molar-refractivity contribution in [1.29, 1.82) is 0 Å². The van der Waals surface area contributed by atoms with Gasteiger partial charge in [-0.2, -0.15) is 19.7 Å². The summed E-state index contributed by atoms with van der Waals surface area (Å²) in [5, 5.41) is 8.74. The van der Waals surface area contributed by atoms with Gasteiger partial charge in [0.05, 0.1) is 11.7 Å². The summed E-state index contributed by atoms with van der Waals surface area (Å²) in [6.45, 7) is 4.06. The van der Waals surface area contributed by atoms with Gasteiger partial charge in [0.1, 0.15) is 12.1 Å². The fraction of sp³-hybridized carbons (Fsp3) is 0.556. The number of likely N-dealkylation sites (tertiary alicyclic amines) is 1. The van der Waals surface area contributed by atoms with Gasteiger partial charge >= 0.3 is 0 Å². The van der Waals surface area contributed by atoms with Crippen molar-refractivity contribution in [2.45, 2.75) is 25.8 Å². The topological polar surface area (TPSA) is 67.4 Å². The molecule has 138 valence electrons. The number of anilines is 1. The van der Waals surface area contributed by atoms with Crippen molar-refractivity contribution in [3.63, 3.8) is 0 Å². The molecule has 8 nitrogen and oxygen atoms in total. The second kappa shape index (κ2) is 6.68. The lowest BCUT2D eigenvalue weighted by Gasteiger charge is -2.41. The minimum atomic E-state index is 0.368. The van der Waals surface area contributed by atoms with Crippen molar-refractivity contribution < 1.29 is 0 Å². The predicted octanol–water partition coefficient (Wildman–Crippen LogP) is 1.69. The summed E-state index contributed by atoms with van der Waals surface area (Å²) in [7, 11) is 6.38. The molecule has 8 heteroatoms. The molecule has 4 heterocycles. The van der Waals surface area contributed by atoms with Crippen LogP contribution in [0.5, 0.6) is 0 Å². The SMILES string of the molecule is Cc1cc(N(C)C[C@@H]2CCCN(C)[C@H]2c2ccnn2C)n2ncnc2n1. The molecule has 0 aromatic carbocycles. The highest BCUT2D eigenvalue weighted by Gasteiger charge is 2.33. The first-order chi connectivity index (χ1) is 12.5. The minimum absolute atomic E-state index is 0.368. The summed E-state index contributed by atoms with van der Waals surface area (Å²) in [6.07, 6.45) is 5.88. The van der Waals surface area contributed by atoms with Crippen LogP contribution in [0.3, 0.4) is 0 Å². The zero-order chi connectivity index (χ0) is 18.3. The lowest BCUT2D eigenvalue weighted by Crippen LogP contribution is -2.42. The maximum atomic E-state index is 4.45. The number of hydrogen-bond donors (Lipinski definition) is 0. The number of nitrogens with zero attached hydrogens (tertiary/aromatic N) is 8. The van der Waals surface area contributed by atoms with Crippen LogP contribution in [0.2, 0.25) is 0 Å². The second-order valence-corrected chi connectivity index (χ2v) is 7.32. The van der Waals surface area contributed by atoms with E-state index in [1.165, 1.54) is 18.5 Å². The third-order valence-electron chi connectivity index (χ3n) is 5.43. The van der Waals surface area contributed by atoms with Crippen LogP contribution in [-0.2, 0) is 7.05 Å². The Hall–Kier alpha value is -2.48. The number of aryl methyl sites for hydroxylation is 2. The van der Waals surface area contributed by atoms with Crippen LogP contribution < -0.4 is 4.90 Å². The highest BCUT2D eigenvalue weighted by atomic mass is 15.4. The zero-order valence-corrected chi connectivity index (χ0v) is 15.9. The van der Waals surface area contributed by atoms with E-state index in [2.05, 4.69) is 56.2 Å². The van der Waals surface area contributed by atoms with E-state index in [0.717, 1.165) is 24.6 Å². The van der Waals surface area contributed by atoms with Crippen molar-refractivity contribution in [2.75, 3.05) is 32.1 Å². The van der Waals surface area contributed by atoms with E-state index in [-0.39, 0.29) is 0 Å². The standard InChI is InChI=1S/C18H26N8/c1-13-10-16(26-18(22-13)19-12-21-26)24(3)11-14-6-5-9-23(2)17(14)15-7-8-20-25(15)4/h7-8,10,12,14,17H,5-6,9,11H2,1-4H3/t14-,17+/m0/s1. The van der Waals surface area contributed by atoms with E-state index < -0.39 is 0 Å². The molecular weight excluding hydrogens is 328 g/mol. The average Bonchev–Trinajstić information content (AvgIpc) is 3.23. The summed E-state index contributed by atoms with van der Waals surface area (Å²) < 4.78 is 3.82. The maximum absolute atomic E-state index is 4.45. The third kappa shape index (κ3) is 2.94. The van der Waals surface area contributed by atoms with Crippen molar-refractivity contribution in [1.82, 2.24) is 34.3 Å². The van der Waals surface area contributed by atoms with Gasteiger partial charge in [-0.15, -0.1) is 0 Å². The molecule has 0 radical (unpaired) electrons. The lowest BCUT2D eigenvalue weighted by atomic mass is 9.87. The summed E-state index contributed by atoms with van der Waals surface area (Å²) in [5.74, 6) is 2.19. The molecule has 4 rings (SSSR count). The normalized spacial score (nSPS) is 21.4. The monoisotopic (exact) mass is 354 g/mol. The van der Waals surface area contributed by atoms with Crippen molar-refractivity contribution in [3.8, 4) is 0 Å². The molecule has 0 spiro atoms. The van der Waals surface area contributed by atoms with Gasteiger partial charge in [0.15, 0.2) is 0 Å². The van der Waals surface area contributed by atoms with Crippen LogP contribution in [0.25, 0.3) is 5.78 Å². The molecule has 0 bridgehead atoms. The van der Waals surface area contributed by atoms with E-state index >= 15 is 0 Å². The number of fused-ring (bicyclic) bond motifs is 1. The van der Waals surface area contributed by atoms with Gasteiger partial charge in [-0.05, 0) is 45.3 Å². The fourth-order valence-electron chi connectivity index (χ4n) is 4.22. The largest absolute Gasteiger partial charge is 0.359 e. The Labute approximate surface area is 153 Å². The lowest BCUT2D eigenvalue weighted by molar-refractivity contribution is 0.117. The smallest absolute Gasteiger partial charge is 0.254 e. The Balaban J connectivity index is 1.63. The Kier molecular flexibility index (Phi) is 4.36. The van der Waals surface area contributed by atoms with Crippen LogP contribution in [0.1, 0.15) is 30.3 Å².